The van der Waals surface area contributed by atoms with Gasteiger partial charge in [0.05, 0.1) is 29.2 Å². The molecule has 8 nitrogen and oxygen atoms in total. The van der Waals surface area contributed by atoms with Crippen molar-refractivity contribution in [2.24, 2.45) is 0 Å². The van der Waals surface area contributed by atoms with Gasteiger partial charge < -0.3 is 10.1 Å². The summed E-state index contributed by atoms with van der Waals surface area (Å²) < 4.78 is 28.3. The molecule has 0 saturated carbocycles. The zero-order chi connectivity index (χ0) is 20.7. The van der Waals surface area contributed by atoms with Crippen molar-refractivity contribution in [2.75, 3.05) is 17.7 Å². The van der Waals surface area contributed by atoms with Crippen molar-refractivity contribution in [3.8, 4) is 0 Å². The molecule has 1 heterocycles. The lowest BCUT2D eigenvalue weighted by atomic mass is 10.1. The molecule has 2 rings (SSSR count). The molecular formula is C18H20N2O6S2. The SMILES string of the molecule is CCOC(=O)NC(=O)c1ccsc1NC(=O)Cc1ccc(S(=O)(=O)CC)cc1. The van der Waals surface area contributed by atoms with Crippen LogP contribution in [0.3, 0.4) is 0 Å². The first-order valence-corrected chi connectivity index (χ1v) is 11.0. The van der Waals surface area contributed by atoms with Gasteiger partial charge in [-0.25, -0.2) is 13.2 Å². The standard InChI is InChI=1S/C18H20N2O6S2/c1-3-26-18(23)20-16(22)14-9-10-27-17(14)19-15(21)11-12-5-7-13(8-6-12)28(24,25)4-2/h5-10H,3-4,11H2,1-2H3,(H,19,21)(H,20,22,23). The Balaban J connectivity index is 2.02. The molecule has 0 aliphatic heterocycles. The lowest BCUT2D eigenvalue weighted by Gasteiger charge is -2.08. The summed E-state index contributed by atoms with van der Waals surface area (Å²) in [5, 5.41) is 6.61. The van der Waals surface area contributed by atoms with Gasteiger partial charge in [0.2, 0.25) is 5.91 Å². The van der Waals surface area contributed by atoms with E-state index in [0.717, 1.165) is 11.3 Å². The Morgan fingerprint density at radius 1 is 1.07 bits per heavy atom. The van der Waals surface area contributed by atoms with Gasteiger partial charge in [0.15, 0.2) is 9.84 Å². The Morgan fingerprint density at radius 2 is 1.75 bits per heavy atom. The first-order chi connectivity index (χ1) is 13.3. The molecule has 0 unspecified atom stereocenters. The summed E-state index contributed by atoms with van der Waals surface area (Å²) in [7, 11) is -3.29. The summed E-state index contributed by atoms with van der Waals surface area (Å²) >= 11 is 1.14. The van der Waals surface area contributed by atoms with Gasteiger partial charge in [0.1, 0.15) is 5.00 Å². The van der Waals surface area contributed by atoms with E-state index in [9.17, 15) is 22.8 Å². The van der Waals surface area contributed by atoms with E-state index in [-0.39, 0.29) is 35.1 Å². The maximum Gasteiger partial charge on any atom is 0.414 e. The fourth-order valence-electron chi connectivity index (χ4n) is 2.25. The lowest BCUT2D eigenvalue weighted by Crippen LogP contribution is -2.31. The Hall–Kier alpha value is -2.72. The van der Waals surface area contributed by atoms with E-state index < -0.39 is 21.8 Å². The van der Waals surface area contributed by atoms with Crippen molar-refractivity contribution < 1.29 is 27.5 Å². The zero-order valence-corrected chi connectivity index (χ0v) is 17.0. The van der Waals surface area contributed by atoms with Gasteiger partial charge in [0.25, 0.3) is 5.91 Å². The number of rotatable bonds is 7. The van der Waals surface area contributed by atoms with Crippen LogP contribution in [0.4, 0.5) is 9.80 Å². The normalized spacial score (nSPS) is 10.9. The highest BCUT2D eigenvalue weighted by molar-refractivity contribution is 7.91. The van der Waals surface area contributed by atoms with Crippen LogP contribution in [0.5, 0.6) is 0 Å². The second kappa shape index (κ2) is 9.47. The van der Waals surface area contributed by atoms with Gasteiger partial charge in [-0.15, -0.1) is 11.3 Å². The van der Waals surface area contributed by atoms with E-state index in [2.05, 4.69) is 15.4 Å². The molecule has 2 aromatic rings. The number of carbonyl (C=O) groups is 3. The topological polar surface area (TPSA) is 119 Å². The minimum absolute atomic E-state index is 0.00184. The van der Waals surface area contributed by atoms with Gasteiger partial charge in [-0.1, -0.05) is 19.1 Å². The van der Waals surface area contributed by atoms with Crippen molar-refractivity contribution >= 4 is 44.1 Å². The van der Waals surface area contributed by atoms with Gasteiger partial charge in [-0.05, 0) is 36.1 Å². The first-order valence-electron chi connectivity index (χ1n) is 8.44. The van der Waals surface area contributed by atoms with Crippen molar-refractivity contribution in [3.05, 3.63) is 46.8 Å². The van der Waals surface area contributed by atoms with E-state index in [0.29, 0.717) is 10.6 Å². The Labute approximate surface area is 166 Å². The molecule has 0 atom stereocenters. The third kappa shape index (κ3) is 5.64. The Kier molecular flexibility index (Phi) is 7.30. The van der Waals surface area contributed by atoms with E-state index in [4.69, 9.17) is 0 Å². The molecule has 3 amide bonds. The van der Waals surface area contributed by atoms with Gasteiger partial charge in [-0.2, -0.15) is 0 Å². The largest absolute Gasteiger partial charge is 0.450 e. The number of anilines is 1. The average Bonchev–Trinajstić information content (AvgIpc) is 3.10. The number of sulfone groups is 1. The molecule has 2 N–H and O–H groups in total. The molecule has 0 spiro atoms. The Morgan fingerprint density at radius 3 is 2.36 bits per heavy atom. The number of carbonyl (C=O) groups excluding carboxylic acids is 3. The third-order valence-electron chi connectivity index (χ3n) is 3.68. The van der Waals surface area contributed by atoms with Crippen LogP contribution in [-0.2, 0) is 25.8 Å². The molecule has 28 heavy (non-hydrogen) atoms. The molecule has 0 radical (unpaired) electrons. The van der Waals surface area contributed by atoms with Crippen LogP contribution >= 0.6 is 11.3 Å². The monoisotopic (exact) mass is 424 g/mol. The van der Waals surface area contributed by atoms with Crippen LogP contribution in [0, 0.1) is 0 Å². The number of hydrogen-bond acceptors (Lipinski definition) is 7. The van der Waals surface area contributed by atoms with Crippen molar-refractivity contribution in [1.29, 1.82) is 0 Å². The van der Waals surface area contributed by atoms with Crippen molar-refractivity contribution in [2.45, 2.75) is 25.2 Å². The minimum Gasteiger partial charge on any atom is -0.450 e. The molecule has 150 valence electrons. The maximum absolute atomic E-state index is 12.3. The number of alkyl carbamates (subject to hydrolysis) is 1. The number of imide groups is 1. The first kappa shape index (κ1) is 21.6. The summed E-state index contributed by atoms with van der Waals surface area (Å²) in [6, 6.07) is 7.56. The number of thiophene rings is 1. The lowest BCUT2D eigenvalue weighted by molar-refractivity contribution is -0.115. The van der Waals surface area contributed by atoms with E-state index >= 15 is 0 Å². The van der Waals surface area contributed by atoms with Crippen LogP contribution < -0.4 is 10.6 Å². The predicted octanol–water partition coefficient (Wildman–Crippen LogP) is 2.61. The Bertz CT molecular complexity index is 964. The molecule has 1 aromatic heterocycles. The zero-order valence-electron chi connectivity index (χ0n) is 15.4. The number of amides is 3. The molecule has 10 heteroatoms. The quantitative estimate of drug-likeness (QED) is 0.705. The van der Waals surface area contributed by atoms with Gasteiger partial charge in [-0.3, -0.25) is 14.9 Å². The highest BCUT2D eigenvalue weighted by Gasteiger charge is 2.18. The van der Waals surface area contributed by atoms with Crippen LogP contribution in [0.15, 0.2) is 40.6 Å². The van der Waals surface area contributed by atoms with Crippen molar-refractivity contribution in [3.63, 3.8) is 0 Å². The molecule has 0 aliphatic carbocycles. The average molecular weight is 425 g/mol. The fraction of sp³-hybridized carbons (Fsp3) is 0.278. The minimum atomic E-state index is -3.29. The third-order valence-corrected chi connectivity index (χ3v) is 6.26. The van der Waals surface area contributed by atoms with Crippen LogP contribution in [-0.4, -0.2) is 38.7 Å². The summed E-state index contributed by atoms with van der Waals surface area (Å²) in [5.74, 6) is -1.05. The van der Waals surface area contributed by atoms with E-state index in [1.54, 1.807) is 31.4 Å². The fourth-order valence-corrected chi connectivity index (χ4v) is 3.93. The molecule has 0 bridgehead atoms. The number of benzene rings is 1. The maximum atomic E-state index is 12.3. The number of hydrogen-bond donors (Lipinski definition) is 2. The smallest absolute Gasteiger partial charge is 0.414 e. The van der Waals surface area contributed by atoms with Crippen LogP contribution in [0.2, 0.25) is 0 Å². The second-order valence-electron chi connectivity index (χ2n) is 5.61. The molecule has 0 aliphatic rings. The summed E-state index contributed by atoms with van der Waals surface area (Å²) in [6.07, 6.45) is -0.860. The highest BCUT2D eigenvalue weighted by atomic mass is 32.2. The molecule has 1 aromatic carbocycles. The van der Waals surface area contributed by atoms with Crippen molar-refractivity contribution in [1.82, 2.24) is 5.32 Å². The number of ether oxygens (including phenoxy) is 1. The molecule has 0 saturated heterocycles. The van der Waals surface area contributed by atoms with Gasteiger partial charge in [0, 0.05) is 0 Å². The van der Waals surface area contributed by atoms with Crippen LogP contribution in [0.1, 0.15) is 29.8 Å². The number of nitrogens with one attached hydrogen (secondary N) is 2. The van der Waals surface area contributed by atoms with Crippen LogP contribution in [0.25, 0.3) is 0 Å². The summed E-state index contributed by atoms with van der Waals surface area (Å²) in [5.41, 5.74) is 0.775. The summed E-state index contributed by atoms with van der Waals surface area (Å²) in [4.78, 5) is 35.9. The molecular weight excluding hydrogens is 404 g/mol. The van der Waals surface area contributed by atoms with E-state index in [1.165, 1.54) is 18.2 Å². The second-order valence-corrected chi connectivity index (χ2v) is 8.80. The molecule has 0 fully saturated rings. The highest BCUT2D eigenvalue weighted by Crippen LogP contribution is 2.23. The van der Waals surface area contributed by atoms with Gasteiger partial charge >= 0.3 is 6.09 Å². The summed E-state index contributed by atoms with van der Waals surface area (Å²) in [6.45, 7) is 3.31. The predicted molar refractivity (Wildman–Crippen MR) is 105 cm³/mol. The van der Waals surface area contributed by atoms with E-state index in [1.807, 2.05) is 0 Å².